The van der Waals surface area contributed by atoms with Gasteiger partial charge < -0.3 is 15.0 Å². The topological polar surface area (TPSA) is 59.4 Å². The van der Waals surface area contributed by atoms with Crippen LogP contribution in [0.5, 0.6) is 0 Å². The third kappa shape index (κ3) is 4.05. The van der Waals surface area contributed by atoms with E-state index in [0.29, 0.717) is 12.5 Å². The molecule has 0 aliphatic carbocycles. The Kier molecular flexibility index (Phi) is 5.55. The number of hydrogen-bond acceptors (Lipinski definition) is 5. The fraction of sp³-hybridized carbons (Fsp3) is 0.714. The smallest absolute Gasteiger partial charge is 0.268 e. The summed E-state index contributed by atoms with van der Waals surface area (Å²) in [5.74, 6) is 0.611. The van der Waals surface area contributed by atoms with E-state index in [1.165, 1.54) is 4.68 Å². The number of ether oxygens (including phenoxy) is 1. The highest BCUT2D eigenvalue weighted by Gasteiger charge is 2.14. The van der Waals surface area contributed by atoms with Crippen LogP contribution in [-0.2, 0) is 11.3 Å². The average molecular weight is 280 g/mol. The molecule has 1 unspecified atom stereocenters. The molecule has 112 valence electrons. The van der Waals surface area contributed by atoms with E-state index in [2.05, 4.69) is 10.4 Å². The second kappa shape index (κ2) is 7.40. The lowest BCUT2D eigenvalue weighted by molar-refractivity contribution is 0.185. The Morgan fingerprint density at radius 2 is 2.45 bits per heavy atom. The lowest BCUT2D eigenvalue weighted by atomic mass is 10.1. The van der Waals surface area contributed by atoms with Gasteiger partial charge in [0.2, 0.25) is 0 Å². The van der Waals surface area contributed by atoms with E-state index in [0.717, 1.165) is 45.0 Å². The fourth-order valence-electron chi connectivity index (χ4n) is 2.22. The highest BCUT2D eigenvalue weighted by atomic mass is 16.5. The summed E-state index contributed by atoms with van der Waals surface area (Å²) in [5.41, 5.74) is 0.818. The predicted molar refractivity (Wildman–Crippen MR) is 79.2 cm³/mol. The van der Waals surface area contributed by atoms with Crippen molar-refractivity contribution >= 4 is 5.69 Å². The number of aromatic nitrogens is 2. The van der Waals surface area contributed by atoms with Crippen LogP contribution in [0.25, 0.3) is 0 Å². The van der Waals surface area contributed by atoms with E-state index in [1.54, 1.807) is 12.3 Å². The molecule has 0 saturated carbocycles. The van der Waals surface area contributed by atoms with Gasteiger partial charge in [0.05, 0.1) is 25.0 Å². The minimum absolute atomic E-state index is 0.0474. The summed E-state index contributed by atoms with van der Waals surface area (Å²) in [4.78, 5) is 13.9. The molecular weight excluding hydrogens is 256 g/mol. The lowest BCUT2D eigenvalue weighted by Crippen LogP contribution is -2.31. The van der Waals surface area contributed by atoms with Crippen molar-refractivity contribution in [3.8, 4) is 0 Å². The molecule has 1 aliphatic heterocycles. The number of nitrogens with one attached hydrogen (secondary N) is 1. The third-order valence-corrected chi connectivity index (χ3v) is 3.73. The van der Waals surface area contributed by atoms with Crippen molar-refractivity contribution in [3.63, 3.8) is 0 Å². The van der Waals surface area contributed by atoms with Crippen LogP contribution in [0.4, 0.5) is 5.69 Å². The van der Waals surface area contributed by atoms with Gasteiger partial charge in [-0.25, -0.2) is 4.68 Å². The highest BCUT2D eigenvalue weighted by Crippen LogP contribution is 2.10. The maximum absolute atomic E-state index is 11.9. The summed E-state index contributed by atoms with van der Waals surface area (Å²) < 4.78 is 6.83. The van der Waals surface area contributed by atoms with Crippen LogP contribution in [0.3, 0.4) is 0 Å². The van der Waals surface area contributed by atoms with Crippen LogP contribution < -0.4 is 15.8 Å². The largest absolute Gasteiger partial charge is 0.381 e. The van der Waals surface area contributed by atoms with Gasteiger partial charge in [0, 0.05) is 39.4 Å². The Balaban J connectivity index is 1.79. The molecule has 1 N–H and O–H groups in total. The zero-order chi connectivity index (χ0) is 14.4. The van der Waals surface area contributed by atoms with E-state index in [9.17, 15) is 4.79 Å². The molecule has 1 aliphatic rings. The zero-order valence-corrected chi connectivity index (χ0v) is 12.3. The Labute approximate surface area is 119 Å². The molecule has 0 bridgehead atoms. The van der Waals surface area contributed by atoms with E-state index in [-0.39, 0.29) is 5.56 Å². The molecule has 6 nitrogen and oxygen atoms in total. The molecule has 2 heterocycles. The second-order valence-corrected chi connectivity index (χ2v) is 5.22. The van der Waals surface area contributed by atoms with E-state index >= 15 is 0 Å². The van der Waals surface area contributed by atoms with Gasteiger partial charge >= 0.3 is 0 Å². The Morgan fingerprint density at radius 1 is 1.60 bits per heavy atom. The molecule has 1 fully saturated rings. The van der Waals surface area contributed by atoms with Gasteiger partial charge in [-0.1, -0.05) is 0 Å². The van der Waals surface area contributed by atoms with Crippen molar-refractivity contribution in [3.05, 3.63) is 22.6 Å². The first-order valence-corrected chi connectivity index (χ1v) is 7.27. The van der Waals surface area contributed by atoms with Crippen molar-refractivity contribution in [1.82, 2.24) is 15.1 Å². The van der Waals surface area contributed by atoms with E-state index < -0.39 is 0 Å². The monoisotopic (exact) mass is 280 g/mol. The van der Waals surface area contributed by atoms with Gasteiger partial charge in [0.1, 0.15) is 0 Å². The van der Waals surface area contributed by atoms with Crippen molar-refractivity contribution in [2.75, 3.05) is 44.8 Å². The molecule has 0 amide bonds. The molecule has 1 aromatic heterocycles. The molecule has 0 aromatic carbocycles. The predicted octanol–water partition coefficient (Wildman–Crippen LogP) is 0.326. The molecule has 6 heteroatoms. The van der Waals surface area contributed by atoms with Crippen LogP contribution in [-0.4, -0.2) is 49.7 Å². The summed E-state index contributed by atoms with van der Waals surface area (Å²) in [6, 6.07) is 1.64. The Bertz CT molecular complexity index is 468. The second-order valence-electron chi connectivity index (χ2n) is 5.22. The lowest BCUT2D eigenvalue weighted by Gasteiger charge is -2.16. The van der Waals surface area contributed by atoms with Crippen LogP contribution in [0.15, 0.2) is 17.1 Å². The van der Waals surface area contributed by atoms with Crippen molar-refractivity contribution in [2.45, 2.75) is 19.9 Å². The Morgan fingerprint density at radius 3 is 3.10 bits per heavy atom. The summed E-state index contributed by atoms with van der Waals surface area (Å²) in [5, 5.41) is 7.58. The van der Waals surface area contributed by atoms with Gasteiger partial charge in [-0.2, -0.15) is 5.10 Å². The van der Waals surface area contributed by atoms with Gasteiger partial charge in [-0.3, -0.25) is 4.79 Å². The highest BCUT2D eigenvalue weighted by molar-refractivity contribution is 5.41. The average Bonchev–Trinajstić information content (AvgIpc) is 2.97. The molecule has 0 radical (unpaired) electrons. The summed E-state index contributed by atoms with van der Waals surface area (Å²) >= 11 is 0. The zero-order valence-electron chi connectivity index (χ0n) is 12.3. The molecular formula is C14H24N4O2. The maximum Gasteiger partial charge on any atom is 0.268 e. The molecule has 1 aromatic rings. The van der Waals surface area contributed by atoms with Crippen molar-refractivity contribution in [2.24, 2.45) is 5.92 Å². The molecule has 1 atom stereocenters. The van der Waals surface area contributed by atoms with Crippen molar-refractivity contribution < 1.29 is 4.74 Å². The SMILES string of the molecule is CCN(C)c1cnn(CCNCC2CCOC2)c(=O)c1. The van der Waals surface area contributed by atoms with Crippen LogP contribution in [0.2, 0.25) is 0 Å². The molecule has 1 saturated heterocycles. The van der Waals surface area contributed by atoms with Crippen LogP contribution in [0, 0.1) is 5.92 Å². The molecule has 0 spiro atoms. The van der Waals surface area contributed by atoms with Gasteiger partial charge in [-0.05, 0) is 19.3 Å². The van der Waals surface area contributed by atoms with Gasteiger partial charge in [0.15, 0.2) is 0 Å². The summed E-state index contributed by atoms with van der Waals surface area (Å²) in [6.45, 7) is 6.93. The Hall–Kier alpha value is -1.40. The van der Waals surface area contributed by atoms with Gasteiger partial charge in [-0.15, -0.1) is 0 Å². The van der Waals surface area contributed by atoms with E-state index in [4.69, 9.17) is 4.74 Å². The number of rotatable bonds is 7. The quantitative estimate of drug-likeness (QED) is 0.729. The fourth-order valence-corrected chi connectivity index (χ4v) is 2.22. The summed E-state index contributed by atoms with van der Waals surface area (Å²) in [6.07, 6.45) is 2.87. The van der Waals surface area contributed by atoms with Gasteiger partial charge in [0.25, 0.3) is 5.56 Å². The first kappa shape index (κ1) is 15.0. The van der Waals surface area contributed by atoms with E-state index in [1.807, 2.05) is 18.9 Å². The molecule has 2 rings (SSSR count). The minimum Gasteiger partial charge on any atom is -0.381 e. The van der Waals surface area contributed by atoms with Crippen molar-refractivity contribution in [1.29, 1.82) is 0 Å². The standard InChI is InChI=1S/C14H24N4O2/c1-3-17(2)13-8-14(19)18(16-10-13)6-5-15-9-12-4-7-20-11-12/h8,10,12,15H,3-7,9,11H2,1-2H3. The normalized spacial score (nSPS) is 18.4. The summed E-state index contributed by atoms with van der Waals surface area (Å²) in [7, 11) is 1.95. The number of anilines is 1. The first-order valence-electron chi connectivity index (χ1n) is 7.27. The maximum atomic E-state index is 11.9. The third-order valence-electron chi connectivity index (χ3n) is 3.73. The minimum atomic E-state index is -0.0474. The first-order chi connectivity index (χ1) is 9.70. The molecule has 20 heavy (non-hydrogen) atoms. The number of hydrogen-bond donors (Lipinski definition) is 1. The van der Waals surface area contributed by atoms with Crippen LogP contribution in [0.1, 0.15) is 13.3 Å². The van der Waals surface area contributed by atoms with Crippen LogP contribution >= 0.6 is 0 Å². The number of nitrogens with zero attached hydrogens (tertiary/aromatic N) is 3.